The van der Waals surface area contributed by atoms with Crippen molar-refractivity contribution >= 4 is 29.3 Å². The van der Waals surface area contributed by atoms with Crippen molar-refractivity contribution in [3.8, 4) is 0 Å². The number of anilines is 2. The van der Waals surface area contributed by atoms with Gasteiger partial charge in [0.25, 0.3) is 0 Å². The van der Waals surface area contributed by atoms with Crippen LogP contribution >= 0.6 is 0 Å². The maximum atomic E-state index is 12.3. The van der Waals surface area contributed by atoms with Gasteiger partial charge in [0, 0.05) is 37.6 Å². The Hall–Kier alpha value is -2.61. The molecule has 1 heterocycles. The van der Waals surface area contributed by atoms with Crippen LogP contribution in [0.3, 0.4) is 0 Å². The van der Waals surface area contributed by atoms with Crippen molar-refractivity contribution in [2.24, 2.45) is 5.92 Å². The maximum absolute atomic E-state index is 12.3. The predicted octanol–water partition coefficient (Wildman–Crippen LogP) is 2.15. The van der Waals surface area contributed by atoms with Gasteiger partial charge < -0.3 is 20.1 Å². The number of carbonyl (C=O) groups excluding carboxylic acids is 3. The molecule has 1 aromatic rings. The standard InChI is InChI=1S/C19H27N3O5/c1-4-27-19(25)22(3)16-7-5-15(6-8-16)21-17(23)13(2)20-18(24)14-9-11-26-12-10-14/h5-8,13-14H,4,9-12H2,1-3H3,(H,20,24)(H,21,23)/t13-/m0/s1. The Morgan fingerprint density at radius 2 is 1.85 bits per heavy atom. The van der Waals surface area contributed by atoms with E-state index in [0.717, 1.165) is 0 Å². The van der Waals surface area contributed by atoms with E-state index in [1.54, 1.807) is 45.2 Å². The maximum Gasteiger partial charge on any atom is 0.413 e. The normalized spacial score (nSPS) is 15.5. The van der Waals surface area contributed by atoms with Gasteiger partial charge in [-0.25, -0.2) is 4.79 Å². The number of amides is 3. The van der Waals surface area contributed by atoms with E-state index in [4.69, 9.17) is 9.47 Å². The molecule has 1 aromatic carbocycles. The zero-order chi connectivity index (χ0) is 19.8. The number of nitrogens with zero attached hydrogens (tertiary/aromatic N) is 1. The van der Waals surface area contributed by atoms with Crippen LogP contribution in [0.1, 0.15) is 26.7 Å². The summed E-state index contributed by atoms with van der Waals surface area (Å²) in [6.07, 6.45) is 0.907. The first kappa shape index (κ1) is 20.7. The minimum atomic E-state index is -0.651. The summed E-state index contributed by atoms with van der Waals surface area (Å²) < 4.78 is 10.2. The molecule has 2 N–H and O–H groups in total. The number of rotatable bonds is 6. The summed E-state index contributed by atoms with van der Waals surface area (Å²) in [5.74, 6) is -0.527. The molecule has 0 aromatic heterocycles. The molecule has 0 unspecified atom stereocenters. The number of nitrogens with one attached hydrogen (secondary N) is 2. The molecule has 148 valence electrons. The highest BCUT2D eigenvalue weighted by Crippen LogP contribution is 2.18. The van der Waals surface area contributed by atoms with Gasteiger partial charge >= 0.3 is 6.09 Å². The van der Waals surface area contributed by atoms with Gasteiger partial charge in [-0.1, -0.05) is 0 Å². The van der Waals surface area contributed by atoms with E-state index in [2.05, 4.69) is 10.6 Å². The highest BCUT2D eigenvalue weighted by Gasteiger charge is 2.24. The Morgan fingerprint density at radius 3 is 2.44 bits per heavy atom. The lowest BCUT2D eigenvalue weighted by Gasteiger charge is -2.23. The van der Waals surface area contributed by atoms with E-state index in [1.807, 2.05) is 0 Å². The van der Waals surface area contributed by atoms with Crippen LogP contribution in [0.2, 0.25) is 0 Å². The SMILES string of the molecule is CCOC(=O)N(C)c1ccc(NC(=O)[C@H](C)NC(=O)C2CCOCC2)cc1. The molecule has 8 heteroatoms. The summed E-state index contributed by atoms with van der Waals surface area (Å²) in [6.45, 7) is 4.84. The van der Waals surface area contributed by atoms with Gasteiger partial charge in [0.05, 0.1) is 6.61 Å². The smallest absolute Gasteiger partial charge is 0.413 e. The minimum absolute atomic E-state index is 0.105. The zero-order valence-electron chi connectivity index (χ0n) is 16.0. The van der Waals surface area contributed by atoms with E-state index in [1.165, 1.54) is 4.90 Å². The molecule has 0 bridgehead atoms. The Kier molecular flexibility index (Phi) is 7.60. The van der Waals surface area contributed by atoms with Crippen LogP contribution in [-0.2, 0) is 19.1 Å². The van der Waals surface area contributed by atoms with Crippen LogP contribution in [0, 0.1) is 5.92 Å². The summed E-state index contributed by atoms with van der Waals surface area (Å²) in [5, 5.41) is 5.51. The van der Waals surface area contributed by atoms with Crippen LogP contribution < -0.4 is 15.5 Å². The van der Waals surface area contributed by atoms with Crippen molar-refractivity contribution < 1.29 is 23.9 Å². The second-order valence-corrected chi connectivity index (χ2v) is 6.41. The lowest BCUT2D eigenvalue weighted by atomic mass is 9.99. The van der Waals surface area contributed by atoms with Gasteiger partial charge in [-0.3, -0.25) is 14.5 Å². The Morgan fingerprint density at radius 1 is 1.22 bits per heavy atom. The predicted molar refractivity (Wildman–Crippen MR) is 102 cm³/mol. The summed E-state index contributed by atoms with van der Waals surface area (Å²) in [5.41, 5.74) is 1.22. The topological polar surface area (TPSA) is 97.0 Å². The van der Waals surface area contributed by atoms with Crippen LogP contribution in [0.15, 0.2) is 24.3 Å². The highest BCUT2D eigenvalue weighted by molar-refractivity contribution is 5.97. The molecule has 0 spiro atoms. The number of carbonyl (C=O) groups is 3. The third-order valence-corrected chi connectivity index (χ3v) is 4.41. The molecule has 1 aliphatic heterocycles. The number of hydrogen-bond acceptors (Lipinski definition) is 5. The minimum Gasteiger partial charge on any atom is -0.449 e. The third kappa shape index (κ3) is 5.96. The first-order valence-corrected chi connectivity index (χ1v) is 9.12. The van der Waals surface area contributed by atoms with Gasteiger partial charge in [-0.2, -0.15) is 0 Å². The fourth-order valence-electron chi connectivity index (χ4n) is 2.70. The molecule has 0 radical (unpaired) electrons. The van der Waals surface area contributed by atoms with E-state index in [0.29, 0.717) is 44.0 Å². The average molecular weight is 377 g/mol. The molecular formula is C19H27N3O5. The highest BCUT2D eigenvalue weighted by atomic mass is 16.6. The molecule has 0 aliphatic carbocycles. The number of hydrogen-bond donors (Lipinski definition) is 2. The molecule has 27 heavy (non-hydrogen) atoms. The lowest BCUT2D eigenvalue weighted by Crippen LogP contribution is -2.45. The van der Waals surface area contributed by atoms with Crippen molar-refractivity contribution in [3.63, 3.8) is 0 Å². The molecule has 1 atom stereocenters. The second kappa shape index (κ2) is 9.91. The third-order valence-electron chi connectivity index (χ3n) is 4.41. The van der Waals surface area contributed by atoms with Crippen molar-refractivity contribution in [1.29, 1.82) is 0 Å². The van der Waals surface area contributed by atoms with E-state index in [9.17, 15) is 14.4 Å². The number of benzene rings is 1. The Bertz CT molecular complexity index is 656. The van der Waals surface area contributed by atoms with E-state index < -0.39 is 12.1 Å². The molecule has 3 amide bonds. The number of ether oxygens (including phenoxy) is 2. The van der Waals surface area contributed by atoms with Crippen LogP contribution in [0.25, 0.3) is 0 Å². The quantitative estimate of drug-likeness (QED) is 0.792. The molecule has 1 aliphatic rings. The van der Waals surface area contributed by atoms with Gasteiger partial charge in [0.1, 0.15) is 6.04 Å². The monoisotopic (exact) mass is 377 g/mol. The second-order valence-electron chi connectivity index (χ2n) is 6.41. The Labute approximate surface area is 159 Å². The van der Waals surface area contributed by atoms with E-state index >= 15 is 0 Å². The van der Waals surface area contributed by atoms with E-state index in [-0.39, 0.29) is 17.7 Å². The lowest BCUT2D eigenvalue weighted by molar-refractivity contribution is -0.131. The largest absolute Gasteiger partial charge is 0.449 e. The molecular weight excluding hydrogens is 350 g/mol. The zero-order valence-corrected chi connectivity index (χ0v) is 16.0. The average Bonchev–Trinajstić information content (AvgIpc) is 2.68. The molecule has 8 nitrogen and oxygen atoms in total. The summed E-state index contributed by atoms with van der Waals surface area (Å²) in [7, 11) is 1.61. The van der Waals surface area contributed by atoms with Crippen molar-refractivity contribution in [2.75, 3.05) is 37.1 Å². The fraction of sp³-hybridized carbons (Fsp3) is 0.526. The van der Waals surface area contributed by atoms with Crippen molar-refractivity contribution in [1.82, 2.24) is 5.32 Å². The van der Waals surface area contributed by atoms with Crippen LogP contribution in [0.5, 0.6) is 0 Å². The first-order valence-electron chi connectivity index (χ1n) is 9.12. The van der Waals surface area contributed by atoms with Crippen molar-refractivity contribution in [2.45, 2.75) is 32.7 Å². The van der Waals surface area contributed by atoms with Crippen LogP contribution in [0.4, 0.5) is 16.2 Å². The van der Waals surface area contributed by atoms with Crippen molar-refractivity contribution in [3.05, 3.63) is 24.3 Å². The molecule has 1 saturated heterocycles. The van der Waals surface area contributed by atoms with Gasteiger partial charge in [0.15, 0.2) is 0 Å². The fourth-order valence-corrected chi connectivity index (χ4v) is 2.70. The summed E-state index contributed by atoms with van der Waals surface area (Å²) >= 11 is 0. The summed E-state index contributed by atoms with van der Waals surface area (Å²) in [4.78, 5) is 37.6. The molecule has 1 fully saturated rings. The Balaban J connectivity index is 1.87. The van der Waals surface area contributed by atoms with Gasteiger partial charge in [0.2, 0.25) is 11.8 Å². The summed E-state index contributed by atoms with van der Waals surface area (Å²) in [6, 6.07) is 6.14. The van der Waals surface area contributed by atoms with Gasteiger partial charge in [-0.15, -0.1) is 0 Å². The van der Waals surface area contributed by atoms with Gasteiger partial charge in [-0.05, 0) is 51.0 Å². The molecule has 2 rings (SSSR count). The molecule has 0 saturated carbocycles. The van der Waals surface area contributed by atoms with Crippen LogP contribution in [-0.4, -0.2) is 50.8 Å². The first-order chi connectivity index (χ1) is 12.9.